The standard InChI is InChI=1S/C16H19NS/c1-10-6-11(2)8-14(7-10)15-9-13-4-5-17-12(3)16(13)18-15/h6-9,12,17H,4-5H2,1-3H3. The Bertz CT molecular complexity index is 563. The normalized spacial score (nSPS) is 18.7. The zero-order valence-corrected chi connectivity index (χ0v) is 12.0. The third kappa shape index (κ3) is 2.11. The van der Waals surface area contributed by atoms with Crippen LogP contribution in [0.4, 0.5) is 0 Å². The zero-order valence-electron chi connectivity index (χ0n) is 11.2. The summed E-state index contributed by atoms with van der Waals surface area (Å²) in [5.41, 5.74) is 5.62. The van der Waals surface area contributed by atoms with Gasteiger partial charge in [0.2, 0.25) is 0 Å². The first-order chi connectivity index (χ1) is 8.63. The smallest absolute Gasteiger partial charge is 0.0389 e. The number of thiophene rings is 1. The van der Waals surface area contributed by atoms with Crippen LogP contribution in [0, 0.1) is 13.8 Å². The Balaban J connectivity index is 2.07. The molecular formula is C16H19NS. The van der Waals surface area contributed by atoms with Crippen LogP contribution in [0.2, 0.25) is 0 Å². The van der Waals surface area contributed by atoms with E-state index in [-0.39, 0.29) is 0 Å². The predicted molar refractivity (Wildman–Crippen MR) is 79.4 cm³/mol. The Labute approximate surface area is 113 Å². The number of hydrogen-bond donors (Lipinski definition) is 1. The van der Waals surface area contributed by atoms with Crippen molar-refractivity contribution in [2.24, 2.45) is 0 Å². The summed E-state index contributed by atoms with van der Waals surface area (Å²) in [5, 5.41) is 3.54. The van der Waals surface area contributed by atoms with E-state index < -0.39 is 0 Å². The van der Waals surface area contributed by atoms with Gasteiger partial charge in [-0.3, -0.25) is 0 Å². The van der Waals surface area contributed by atoms with Gasteiger partial charge >= 0.3 is 0 Å². The van der Waals surface area contributed by atoms with E-state index in [0.29, 0.717) is 6.04 Å². The second kappa shape index (κ2) is 4.52. The van der Waals surface area contributed by atoms with Gasteiger partial charge in [-0.2, -0.15) is 0 Å². The Morgan fingerprint density at radius 1 is 1.11 bits per heavy atom. The summed E-state index contributed by atoms with van der Waals surface area (Å²) in [6, 6.07) is 9.73. The molecule has 94 valence electrons. The summed E-state index contributed by atoms with van der Waals surface area (Å²) in [6.45, 7) is 7.72. The Kier molecular flexibility index (Phi) is 3.00. The van der Waals surface area contributed by atoms with Gasteiger partial charge in [-0.05, 0) is 50.9 Å². The van der Waals surface area contributed by atoms with Crippen molar-refractivity contribution in [2.75, 3.05) is 6.54 Å². The van der Waals surface area contributed by atoms with Gasteiger partial charge in [0.25, 0.3) is 0 Å². The molecule has 1 N–H and O–H groups in total. The van der Waals surface area contributed by atoms with Crippen molar-refractivity contribution in [3.05, 3.63) is 45.8 Å². The van der Waals surface area contributed by atoms with Crippen LogP contribution in [0.5, 0.6) is 0 Å². The molecular weight excluding hydrogens is 238 g/mol. The lowest BCUT2D eigenvalue weighted by Crippen LogP contribution is -2.26. The van der Waals surface area contributed by atoms with E-state index >= 15 is 0 Å². The topological polar surface area (TPSA) is 12.0 Å². The minimum atomic E-state index is 0.512. The molecule has 1 aliphatic rings. The summed E-state index contributed by atoms with van der Waals surface area (Å²) in [6.07, 6.45) is 1.17. The fourth-order valence-electron chi connectivity index (χ4n) is 2.78. The maximum atomic E-state index is 3.54. The molecule has 0 fully saturated rings. The van der Waals surface area contributed by atoms with Crippen LogP contribution in [-0.4, -0.2) is 6.54 Å². The average Bonchev–Trinajstić information content (AvgIpc) is 2.73. The molecule has 1 aromatic heterocycles. The number of aryl methyl sites for hydroxylation is 2. The molecule has 0 aliphatic carbocycles. The lowest BCUT2D eigenvalue weighted by atomic mass is 10.0. The largest absolute Gasteiger partial charge is 0.309 e. The molecule has 1 nitrogen and oxygen atoms in total. The fourth-order valence-corrected chi connectivity index (χ4v) is 4.01. The molecule has 1 unspecified atom stereocenters. The van der Waals surface area contributed by atoms with Crippen LogP contribution < -0.4 is 5.32 Å². The van der Waals surface area contributed by atoms with Crippen LogP contribution in [0.25, 0.3) is 10.4 Å². The van der Waals surface area contributed by atoms with E-state index in [9.17, 15) is 0 Å². The summed E-state index contributed by atoms with van der Waals surface area (Å²) in [7, 11) is 0. The first-order valence-electron chi connectivity index (χ1n) is 6.58. The van der Waals surface area contributed by atoms with E-state index in [2.05, 4.69) is 50.4 Å². The molecule has 0 amide bonds. The molecule has 0 saturated carbocycles. The van der Waals surface area contributed by atoms with E-state index in [1.165, 1.54) is 32.9 Å². The molecule has 3 rings (SSSR count). The maximum absolute atomic E-state index is 3.54. The summed E-state index contributed by atoms with van der Waals surface area (Å²) < 4.78 is 0. The first kappa shape index (κ1) is 11.9. The zero-order chi connectivity index (χ0) is 12.7. The molecule has 1 aliphatic heterocycles. The van der Waals surface area contributed by atoms with Crippen molar-refractivity contribution < 1.29 is 0 Å². The quantitative estimate of drug-likeness (QED) is 0.806. The third-order valence-electron chi connectivity index (χ3n) is 3.59. The van der Waals surface area contributed by atoms with Crippen molar-refractivity contribution in [3.63, 3.8) is 0 Å². The number of nitrogens with one attached hydrogen (secondary N) is 1. The molecule has 0 bridgehead atoms. The average molecular weight is 257 g/mol. The minimum Gasteiger partial charge on any atom is -0.309 e. The summed E-state index contributed by atoms with van der Waals surface area (Å²) in [5.74, 6) is 0. The first-order valence-corrected chi connectivity index (χ1v) is 7.40. The third-order valence-corrected chi connectivity index (χ3v) is 5.00. The van der Waals surface area contributed by atoms with E-state index in [1.54, 1.807) is 5.56 Å². The maximum Gasteiger partial charge on any atom is 0.0389 e. The summed E-state index contributed by atoms with van der Waals surface area (Å²) >= 11 is 1.95. The van der Waals surface area contributed by atoms with Crippen molar-refractivity contribution in [1.82, 2.24) is 5.32 Å². The van der Waals surface area contributed by atoms with Crippen LogP contribution in [0.1, 0.15) is 34.5 Å². The molecule has 1 aromatic carbocycles. The number of fused-ring (bicyclic) bond motifs is 1. The van der Waals surface area contributed by atoms with Crippen molar-refractivity contribution in [3.8, 4) is 10.4 Å². The lowest BCUT2D eigenvalue weighted by Gasteiger charge is -2.19. The van der Waals surface area contributed by atoms with Gasteiger partial charge in [0.05, 0.1) is 0 Å². The van der Waals surface area contributed by atoms with Gasteiger partial charge in [0, 0.05) is 15.8 Å². The van der Waals surface area contributed by atoms with E-state index in [1.807, 2.05) is 11.3 Å². The van der Waals surface area contributed by atoms with Crippen LogP contribution >= 0.6 is 11.3 Å². The van der Waals surface area contributed by atoms with Crippen molar-refractivity contribution in [2.45, 2.75) is 33.2 Å². The molecule has 0 radical (unpaired) electrons. The van der Waals surface area contributed by atoms with E-state index in [0.717, 1.165) is 6.54 Å². The molecule has 18 heavy (non-hydrogen) atoms. The molecule has 0 saturated heterocycles. The highest BCUT2D eigenvalue weighted by molar-refractivity contribution is 7.15. The molecule has 1 atom stereocenters. The Hall–Kier alpha value is -1.12. The van der Waals surface area contributed by atoms with Gasteiger partial charge < -0.3 is 5.32 Å². The van der Waals surface area contributed by atoms with Gasteiger partial charge in [-0.1, -0.05) is 29.3 Å². The molecule has 2 heterocycles. The second-order valence-electron chi connectivity index (χ2n) is 5.30. The highest BCUT2D eigenvalue weighted by Gasteiger charge is 2.19. The van der Waals surface area contributed by atoms with Crippen molar-refractivity contribution in [1.29, 1.82) is 0 Å². The number of benzene rings is 1. The minimum absolute atomic E-state index is 0.512. The van der Waals surface area contributed by atoms with Crippen molar-refractivity contribution >= 4 is 11.3 Å². The second-order valence-corrected chi connectivity index (χ2v) is 6.39. The molecule has 2 aromatic rings. The van der Waals surface area contributed by atoms with Gasteiger partial charge in [0.15, 0.2) is 0 Å². The van der Waals surface area contributed by atoms with Crippen LogP contribution in [-0.2, 0) is 6.42 Å². The Morgan fingerprint density at radius 2 is 1.83 bits per heavy atom. The Morgan fingerprint density at radius 3 is 2.50 bits per heavy atom. The van der Waals surface area contributed by atoms with Crippen LogP contribution in [0.15, 0.2) is 24.3 Å². The highest BCUT2D eigenvalue weighted by atomic mass is 32.1. The lowest BCUT2D eigenvalue weighted by molar-refractivity contribution is 0.551. The van der Waals surface area contributed by atoms with Gasteiger partial charge in [0.1, 0.15) is 0 Å². The predicted octanol–water partition coefficient (Wildman–Crippen LogP) is 4.24. The van der Waals surface area contributed by atoms with Gasteiger partial charge in [-0.25, -0.2) is 0 Å². The molecule has 2 heteroatoms. The highest BCUT2D eigenvalue weighted by Crippen LogP contribution is 2.37. The SMILES string of the molecule is Cc1cc(C)cc(-c2cc3c(s2)C(C)NCC3)c1. The molecule has 0 spiro atoms. The van der Waals surface area contributed by atoms with Crippen LogP contribution in [0.3, 0.4) is 0 Å². The summed E-state index contributed by atoms with van der Waals surface area (Å²) in [4.78, 5) is 2.94. The van der Waals surface area contributed by atoms with Gasteiger partial charge in [-0.15, -0.1) is 11.3 Å². The number of hydrogen-bond acceptors (Lipinski definition) is 2. The monoisotopic (exact) mass is 257 g/mol. The number of rotatable bonds is 1. The fraction of sp³-hybridized carbons (Fsp3) is 0.375. The van der Waals surface area contributed by atoms with E-state index in [4.69, 9.17) is 0 Å².